The SMILES string of the molecule is COc1cc(N=Nc2cc(S(=O)(=O)O)ccc2O)c(N=Nc2c(S(=O)(=O)O)cc3c(S(=O)(=O)O)c(Nc4nc(F)nc(N(C)CCS(=O)(=O)CCS(=O)(=O)O)n4)ccc3c2O)cc1OC. The topological polar surface area (TPSA) is 414 Å². The van der Waals surface area contributed by atoms with Crippen LogP contribution in [0.2, 0.25) is 0 Å². The molecule has 5 rings (SSSR count). The molecule has 0 bridgehead atoms. The number of phenols is 2. The van der Waals surface area contributed by atoms with Crippen molar-refractivity contribution in [3.63, 3.8) is 0 Å². The number of anilines is 3. The zero-order valence-corrected chi connectivity index (χ0v) is 37.1. The number of sulfone groups is 1. The van der Waals surface area contributed by atoms with Crippen LogP contribution in [0.15, 0.2) is 83.7 Å². The average Bonchev–Trinajstić information content (AvgIpc) is 3.19. The first-order valence-corrected chi connectivity index (χ1v) is 25.0. The first-order valence-electron chi connectivity index (χ1n) is 17.2. The minimum atomic E-state index is -5.50. The highest BCUT2D eigenvalue weighted by Gasteiger charge is 2.29. The van der Waals surface area contributed by atoms with Gasteiger partial charge in [0.05, 0.1) is 42.1 Å². The number of aromatic hydroxyl groups is 2. The predicted octanol–water partition coefficient (Wildman–Crippen LogP) is 3.65. The number of hydrogen-bond donors (Lipinski definition) is 7. The van der Waals surface area contributed by atoms with Gasteiger partial charge in [-0.1, -0.05) is 0 Å². The van der Waals surface area contributed by atoms with Crippen molar-refractivity contribution in [2.75, 3.05) is 55.3 Å². The molecule has 350 valence electrons. The second-order valence-electron chi connectivity index (χ2n) is 13.0. The molecule has 0 aliphatic rings. The molecule has 0 amide bonds. The van der Waals surface area contributed by atoms with Crippen LogP contribution in [-0.4, -0.2) is 131 Å². The number of phenolic OH excluding ortho intramolecular Hbond substituents is 2. The Morgan fingerprint density at radius 3 is 1.83 bits per heavy atom. The van der Waals surface area contributed by atoms with E-state index in [-0.39, 0.29) is 22.9 Å². The summed E-state index contributed by atoms with van der Waals surface area (Å²) in [5.74, 6) is -5.88. The molecule has 33 heteroatoms. The maximum Gasteiger partial charge on any atom is 0.315 e. The fourth-order valence-electron chi connectivity index (χ4n) is 5.43. The summed E-state index contributed by atoms with van der Waals surface area (Å²) in [5, 5.41) is 38.0. The highest BCUT2D eigenvalue weighted by Crippen LogP contribution is 2.47. The van der Waals surface area contributed by atoms with Crippen molar-refractivity contribution in [3.05, 3.63) is 54.6 Å². The number of aromatic nitrogens is 3. The first kappa shape index (κ1) is 49.7. The minimum absolute atomic E-state index is 0.00395. The normalized spacial score (nSPS) is 12.9. The van der Waals surface area contributed by atoms with Crippen molar-refractivity contribution in [3.8, 4) is 23.0 Å². The Balaban J connectivity index is 1.60. The third-order valence-corrected chi connectivity index (χ3v) is 13.8. The van der Waals surface area contributed by atoms with E-state index in [1.807, 2.05) is 0 Å². The van der Waals surface area contributed by atoms with E-state index in [1.54, 1.807) is 0 Å². The number of rotatable bonds is 18. The summed E-state index contributed by atoms with van der Waals surface area (Å²) in [6.45, 7) is -0.462. The van der Waals surface area contributed by atoms with Gasteiger partial charge >= 0.3 is 6.08 Å². The summed E-state index contributed by atoms with van der Waals surface area (Å²) in [4.78, 5) is 8.55. The van der Waals surface area contributed by atoms with Crippen LogP contribution in [0, 0.1) is 6.08 Å². The lowest BCUT2D eigenvalue weighted by molar-refractivity contribution is 0.355. The van der Waals surface area contributed by atoms with Crippen molar-refractivity contribution in [1.82, 2.24) is 15.0 Å². The lowest BCUT2D eigenvalue weighted by Crippen LogP contribution is -2.30. The number of nitrogens with zero attached hydrogens (tertiary/aromatic N) is 8. The fraction of sp³-hybridized carbons (Fsp3) is 0.219. The Morgan fingerprint density at radius 1 is 0.677 bits per heavy atom. The second-order valence-corrected chi connectivity index (χ2v) is 21.0. The molecule has 5 aromatic rings. The largest absolute Gasteiger partial charge is 0.506 e. The van der Waals surface area contributed by atoms with E-state index >= 15 is 0 Å². The first-order chi connectivity index (χ1) is 30.0. The number of azo groups is 2. The van der Waals surface area contributed by atoms with E-state index in [9.17, 15) is 70.4 Å². The summed E-state index contributed by atoms with van der Waals surface area (Å²) in [6, 6.07) is 7.12. The smallest absolute Gasteiger partial charge is 0.315 e. The van der Waals surface area contributed by atoms with E-state index in [0.29, 0.717) is 6.07 Å². The van der Waals surface area contributed by atoms with Crippen molar-refractivity contribution < 1.29 is 84.4 Å². The molecule has 65 heavy (non-hydrogen) atoms. The number of methoxy groups -OCH3 is 2. The predicted molar refractivity (Wildman–Crippen MR) is 222 cm³/mol. The summed E-state index contributed by atoms with van der Waals surface area (Å²) in [5.41, 5.74) is -2.84. The van der Waals surface area contributed by atoms with Gasteiger partial charge in [-0.15, -0.1) is 20.5 Å². The molecule has 27 nitrogen and oxygen atoms in total. The molecule has 1 aromatic heterocycles. The van der Waals surface area contributed by atoms with Crippen LogP contribution in [-0.2, 0) is 50.3 Å². The summed E-state index contributed by atoms with van der Waals surface area (Å²) < 4.78 is 185. The standard InChI is InChI=1S/C32H32FN9O18S5/c1-42(8-9-61(45,46)10-11-62(47,48)49)32-36-30(33)35-31(37-32)34-19-6-5-17-18(29(19)65(56,57)58)13-26(64(53,54)55)27(28(17)44)41-39-21-15-25(60-3)24(59-2)14-20(21)38-40-22-12-16(63(50,51)52)4-7-23(22)43/h4-7,12-15,43-44H,8-11H2,1-3H3,(H,47,48,49)(H,50,51,52)(H,53,54,55)(H,56,57,58)(H,34,35,36,37). The van der Waals surface area contributed by atoms with Gasteiger partial charge in [0.1, 0.15) is 38.3 Å². The fourth-order valence-corrected chi connectivity index (χ4v) is 10.0. The molecule has 7 N–H and O–H groups in total. The molecular formula is C32H32FN9O18S5. The lowest BCUT2D eigenvalue weighted by atomic mass is 10.1. The van der Waals surface area contributed by atoms with Crippen molar-refractivity contribution in [2.24, 2.45) is 20.5 Å². The Bertz CT molecular complexity index is 3360. The molecule has 0 fully saturated rings. The number of hydrogen-bond acceptors (Lipinski definition) is 23. The Kier molecular flexibility index (Phi) is 14.2. The van der Waals surface area contributed by atoms with Gasteiger partial charge in [0, 0.05) is 36.5 Å². The van der Waals surface area contributed by atoms with Crippen molar-refractivity contribution in [2.45, 2.75) is 14.7 Å². The van der Waals surface area contributed by atoms with Crippen LogP contribution in [0.3, 0.4) is 0 Å². The van der Waals surface area contributed by atoms with Gasteiger partial charge in [0.25, 0.3) is 40.5 Å². The Labute approximate surface area is 367 Å². The van der Waals surface area contributed by atoms with Gasteiger partial charge in [-0.2, -0.15) is 53.0 Å². The zero-order chi connectivity index (χ0) is 48.4. The molecule has 0 unspecified atom stereocenters. The quantitative estimate of drug-likeness (QED) is 0.0486. The Morgan fingerprint density at radius 2 is 1.28 bits per heavy atom. The minimum Gasteiger partial charge on any atom is -0.506 e. The van der Waals surface area contributed by atoms with Crippen molar-refractivity contribution >= 4 is 101 Å². The molecule has 4 aromatic carbocycles. The summed E-state index contributed by atoms with van der Waals surface area (Å²) in [6.07, 6.45) is -1.50. The molecule has 0 atom stereocenters. The molecule has 0 saturated carbocycles. The van der Waals surface area contributed by atoms with Gasteiger partial charge in [-0.05, 0) is 36.4 Å². The van der Waals surface area contributed by atoms with Gasteiger partial charge in [-0.25, -0.2) is 8.42 Å². The number of fused-ring (bicyclic) bond motifs is 1. The maximum atomic E-state index is 14.7. The van der Waals surface area contributed by atoms with Crippen LogP contribution in [0.4, 0.5) is 44.7 Å². The zero-order valence-electron chi connectivity index (χ0n) is 33.0. The van der Waals surface area contributed by atoms with E-state index in [2.05, 4.69) is 40.7 Å². The third-order valence-electron chi connectivity index (χ3n) is 8.54. The summed E-state index contributed by atoms with van der Waals surface area (Å²) in [7, 11) is -20.8. The number of benzene rings is 4. The molecule has 0 aliphatic heterocycles. The van der Waals surface area contributed by atoms with Gasteiger partial charge in [0.2, 0.25) is 11.9 Å². The van der Waals surface area contributed by atoms with Gasteiger partial charge in [-0.3, -0.25) is 18.2 Å². The van der Waals surface area contributed by atoms with E-state index in [4.69, 9.17) is 14.0 Å². The van der Waals surface area contributed by atoms with Crippen LogP contribution >= 0.6 is 0 Å². The van der Waals surface area contributed by atoms with Crippen LogP contribution < -0.4 is 19.7 Å². The monoisotopic (exact) mass is 1010 g/mol. The maximum absolute atomic E-state index is 14.7. The number of ether oxygens (including phenoxy) is 2. The third kappa shape index (κ3) is 12.3. The van der Waals surface area contributed by atoms with E-state index in [1.165, 1.54) is 21.3 Å². The van der Waals surface area contributed by atoms with Crippen LogP contribution in [0.25, 0.3) is 10.8 Å². The average molecular weight is 1010 g/mol. The lowest BCUT2D eigenvalue weighted by Gasteiger charge is -2.18. The highest BCUT2D eigenvalue weighted by molar-refractivity contribution is 7.93. The molecular weight excluding hydrogens is 978 g/mol. The Hall–Kier alpha value is -6.33. The van der Waals surface area contributed by atoms with Gasteiger partial charge in [0.15, 0.2) is 27.1 Å². The number of halogens is 1. The summed E-state index contributed by atoms with van der Waals surface area (Å²) >= 11 is 0. The van der Waals surface area contributed by atoms with Crippen LogP contribution in [0.1, 0.15) is 0 Å². The number of nitrogens with one attached hydrogen (secondary N) is 1. The molecule has 0 aliphatic carbocycles. The van der Waals surface area contributed by atoms with Gasteiger partial charge < -0.3 is 29.9 Å². The van der Waals surface area contributed by atoms with Crippen molar-refractivity contribution in [1.29, 1.82) is 0 Å². The van der Waals surface area contributed by atoms with E-state index in [0.717, 1.165) is 47.4 Å². The highest BCUT2D eigenvalue weighted by atomic mass is 32.2. The molecule has 0 radical (unpaired) electrons. The molecule has 1 heterocycles. The second kappa shape index (κ2) is 18.6. The van der Waals surface area contributed by atoms with Crippen LogP contribution in [0.5, 0.6) is 23.0 Å². The van der Waals surface area contributed by atoms with E-state index < -0.39 is 146 Å². The molecule has 0 spiro atoms. The molecule has 0 saturated heterocycles.